The van der Waals surface area contributed by atoms with Gasteiger partial charge in [-0.1, -0.05) is 0 Å². The molecule has 1 aromatic carbocycles. The second-order valence-corrected chi connectivity index (χ2v) is 2.84. The minimum absolute atomic E-state index is 0.128. The molecule has 0 aliphatic carbocycles. The Morgan fingerprint density at radius 3 is 2.31 bits per heavy atom. The number of hydrogen-bond donors (Lipinski definition) is 0. The molecule has 70 valence electrons. The van der Waals surface area contributed by atoms with Crippen molar-refractivity contribution in [3.8, 4) is 0 Å². The summed E-state index contributed by atoms with van der Waals surface area (Å²) >= 11 is 0. The van der Waals surface area contributed by atoms with Crippen molar-refractivity contribution >= 4 is 12.0 Å². The van der Waals surface area contributed by atoms with Crippen molar-refractivity contribution < 1.29 is 13.6 Å². The van der Waals surface area contributed by atoms with Crippen LogP contribution in [0.2, 0.25) is 0 Å². The summed E-state index contributed by atoms with van der Waals surface area (Å²) in [7, 11) is 3.19. The lowest BCUT2D eigenvalue weighted by atomic mass is 10.2. The molecule has 0 amide bonds. The maximum atomic E-state index is 13.1. The maximum absolute atomic E-state index is 13.1. The minimum atomic E-state index is -0.708. The Kier molecular flexibility index (Phi) is 2.60. The van der Waals surface area contributed by atoms with Gasteiger partial charge in [0.1, 0.15) is 11.6 Å². The molecule has 0 bridgehead atoms. The third-order valence-corrected chi connectivity index (χ3v) is 1.67. The van der Waals surface area contributed by atoms with Crippen LogP contribution >= 0.6 is 0 Å². The zero-order chi connectivity index (χ0) is 10.0. The molecule has 0 heterocycles. The second kappa shape index (κ2) is 3.51. The van der Waals surface area contributed by atoms with Crippen molar-refractivity contribution in [3.05, 3.63) is 29.3 Å². The van der Waals surface area contributed by atoms with Crippen molar-refractivity contribution in [1.82, 2.24) is 0 Å². The first-order valence-corrected chi connectivity index (χ1v) is 3.68. The summed E-state index contributed by atoms with van der Waals surface area (Å²) in [5.74, 6) is -1.31. The zero-order valence-corrected chi connectivity index (χ0v) is 7.34. The average molecular weight is 185 g/mol. The monoisotopic (exact) mass is 185 g/mol. The van der Waals surface area contributed by atoms with Gasteiger partial charge in [-0.25, -0.2) is 8.78 Å². The Morgan fingerprint density at radius 2 is 1.85 bits per heavy atom. The maximum Gasteiger partial charge on any atom is 0.153 e. The van der Waals surface area contributed by atoms with Gasteiger partial charge in [-0.15, -0.1) is 0 Å². The molecule has 1 aromatic rings. The van der Waals surface area contributed by atoms with E-state index in [1.54, 1.807) is 14.1 Å². The molecule has 0 fully saturated rings. The molecule has 2 nitrogen and oxygen atoms in total. The highest BCUT2D eigenvalue weighted by Gasteiger charge is 2.10. The fourth-order valence-corrected chi connectivity index (χ4v) is 0.985. The van der Waals surface area contributed by atoms with Gasteiger partial charge >= 0.3 is 0 Å². The SMILES string of the molecule is CN(C)c1cc(F)c(C=O)cc1F. The van der Waals surface area contributed by atoms with E-state index in [0.29, 0.717) is 0 Å². The van der Waals surface area contributed by atoms with Gasteiger partial charge in [0, 0.05) is 20.2 Å². The number of nitrogens with zero attached hydrogens (tertiary/aromatic N) is 1. The van der Waals surface area contributed by atoms with E-state index in [2.05, 4.69) is 0 Å². The quantitative estimate of drug-likeness (QED) is 0.655. The van der Waals surface area contributed by atoms with Gasteiger partial charge in [0.25, 0.3) is 0 Å². The van der Waals surface area contributed by atoms with Crippen LogP contribution in [0.5, 0.6) is 0 Å². The third-order valence-electron chi connectivity index (χ3n) is 1.67. The predicted octanol–water partition coefficient (Wildman–Crippen LogP) is 1.84. The number of rotatable bonds is 2. The van der Waals surface area contributed by atoms with Gasteiger partial charge < -0.3 is 4.90 Å². The Bertz CT molecular complexity index is 337. The van der Waals surface area contributed by atoms with Crippen LogP contribution in [0.1, 0.15) is 10.4 Å². The highest BCUT2D eigenvalue weighted by atomic mass is 19.1. The largest absolute Gasteiger partial charge is 0.375 e. The van der Waals surface area contributed by atoms with E-state index in [0.717, 1.165) is 12.1 Å². The van der Waals surface area contributed by atoms with E-state index < -0.39 is 11.6 Å². The van der Waals surface area contributed by atoms with Crippen LogP contribution in [-0.4, -0.2) is 20.4 Å². The molecule has 0 atom stereocenters. The molecule has 4 heteroatoms. The lowest BCUT2D eigenvalue weighted by Gasteiger charge is -2.13. The molecule has 0 aromatic heterocycles. The molecule has 0 radical (unpaired) electrons. The van der Waals surface area contributed by atoms with E-state index in [1.807, 2.05) is 0 Å². The van der Waals surface area contributed by atoms with Crippen LogP contribution in [0.15, 0.2) is 12.1 Å². The fourth-order valence-electron chi connectivity index (χ4n) is 0.985. The van der Waals surface area contributed by atoms with Crippen LogP contribution < -0.4 is 4.90 Å². The summed E-state index contributed by atoms with van der Waals surface area (Å²) < 4.78 is 26.1. The number of carbonyl (C=O) groups is 1. The second-order valence-electron chi connectivity index (χ2n) is 2.84. The van der Waals surface area contributed by atoms with Crippen LogP contribution in [0.25, 0.3) is 0 Å². The van der Waals surface area contributed by atoms with Gasteiger partial charge in [0.2, 0.25) is 0 Å². The Hall–Kier alpha value is -1.45. The third kappa shape index (κ3) is 1.83. The Morgan fingerprint density at radius 1 is 1.23 bits per heavy atom. The molecule has 0 saturated heterocycles. The lowest BCUT2D eigenvalue weighted by Crippen LogP contribution is -2.11. The molecule has 1 rings (SSSR count). The van der Waals surface area contributed by atoms with Crippen molar-refractivity contribution in [2.24, 2.45) is 0 Å². The first-order valence-electron chi connectivity index (χ1n) is 3.68. The van der Waals surface area contributed by atoms with Gasteiger partial charge in [-0.05, 0) is 6.07 Å². The number of anilines is 1. The summed E-state index contributed by atoms with van der Waals surface area (Å²) in [5.41, 5.74) is -0.133. The molecule has 13 heavy (non-hydrogen) atoms. The molecule has 0 aliphatic heterocycles. The van der Waals surface area contributed by atoms with Gasteiger partial charge in [0.15, 0.2) is 6.29 Å². The van der Waals surface area contributed by atoms with E-state index in [4.69, 9.17) is 0 Å². The zero-order valence-electron chi connectivity index (χ0n) is 7.34. The molecular weight excluding hydrogens is 176 g/mol. The molecule has 0 saturated carbocycles. The van der Waals surface area contributed by atoms with Crippen molar-refractivity contribution in [2.75, 3.05) is 19.0 Å². The summed E-state index contributed by atoms with van der Waals surface area (Å²) in [6.45, 7) is 0. The topological polar surface area (TPSA) is 20.3 Å². The number of carbonyl (C=O) groups excluding carboxylic acids is 1. The highest BCUT2D eigenvalue weighted by Crippen LogP contribution is 2.20. The summed E-state index contributed by atoms with van der Waals surface area (Å²) in [4.78, 5) is 11.7. The van der Waals surface area contributed by atoms with Gasteiger partial charge in [-0.2, -0.15) is 0 Å². The van der Waals surface area contributed by atoms with Gasteiger partial charge in [0.05, 0.1) is 11.3 Å². The van der Waals surface area contributed by atoms with Crippen LogP contribution in [-0.2, 0) is 0 Å². The van der Waals surface area contributed by atoms with Crippen LogP contribution in [0.3, 0.4) is 0 Å². The molecule has 0 unspecified atom stereocenters. The van der Waals surface area contributed by atoms with Crippen molar-refractivity contribution in [2.45, 2.75) is 0 Å². The average Bonchev–Trinajstić information content (AvgIpc) is 2.07. The van der Waals surface area contributed by atoms with Crippen molar-refractivity contribution in [1.29, 1.82) is 0 Å². The molecule has 0 aliphatic rings. The summed E-state index contributed by atoms with van der Waals surface area (Å²) in [5, 5.41) is 0. The van der Waals surface area contributed by atoms with E-state index >= 15 is 0 Å². The number of halogens is 2. The molecule has 0 spiro atoms. The summed E-state index contributed by atoms with van der Waals surface area (Å²) in [6, 6.07) is 1.89. The number of hydrogen-bond acceptors (Lipinski definition) is 2. The molecule has 0 N–H and O–H groups in total. The Balaban J connectivity index is 3.28. The normalized spacial score (nSPS) is 9.85. The smallest absolute Gasteiger partial charge is 0.153 e. The first-order chi connectivity index (χ1) is 6.06. The van der Waals surface area contributed by atoms with E-state index in [-0.39, 0.29) is 17.5 Å². The fraction of sp³-hybridized carbons (Fsp3) is 0.222. The van der Waals surface area contributed by atoms with Crippen LogP contribution in [0, 0.1) is 11.6 Å². The minimum Gasteiger partial charge on any atom is -0.375 e. The van der Waals surface area contributed by atoms with Crippen molar-refractivity contribution in [3.63, 3.8) is 0 Å². The summed E-state index contributed by atoms with van der Waals surface area (Å²) in [6.07, 6.45) is 0.290. The highest BCUT2D eigenvalue weighted by molar-refractivity contribution is 5.76. The van der Waals surface area contributed by atoms with E-state index in [9.17, 15) is 13.6 Å². The van der Waals surface area contributed by atoms with Crippen LogP contribution in [0.4, 0.5) is 14.5 Å². The predicted molar refractivity (Wildman–Crippen MR) is 46.1 cm³/mol. The van der Waals surface area contributed by atoms with Gasteiger partial charge in [-0.3, -0.25) is 4.79 Å². The number of aldehydes is 1. The Labute approximate surface area is 74.8 Å². The number of benzene rings is 1. The lowest BCUT2D eigenvalue weighted by molar-refractivity contribution is 0.111. The molecular formula is C9H9F2NO. The first kappa shape index (κ1) is 9.64. The van der Waals surface area contributed by atoms with E-state index in [1.165, 1.54) is 4.90 Å². The standard InChI is InChI=1S/C9H9F2NO/c1-12(2)9-4-7(10)6(5-13)3-8(9)11/h3-5H,1-2H3.